The van der Waals surface area contributed by atoms with Gasteiger partial charge in [0.2, 0.25) is 5.91 Å². The van der Waals surface area contributed by atoms with Crippen molar-refractivity contribution in [2.45, 2.75) is 18.5 Å². The quantitative estimate of drug-likeness (QED) is 0.331. The van der Waals surface area contributed by atoms with Gasteiger partial charge in [-0.05, 0) is 64.1 Å². The number of thioether (sulfide) groups is 1. The van der Waals surface area contributed by atoms with E-state index in [9.17, 15) is 4.79 Å². The summed E-state index contributed by atoms with van der Waals surface area (Å²) in [4.78, 5) is 13.7. The van der Waals surface area contributed by atoms with Crippen LogP contribution in [-0.2, 0) is 11.2 Å². The zero-order chi connectivity index (χ0) is 20.9. The predicted octanol–water partition coefficient (Wildman–Crippen LogP) is 5.72. The molecule has 2 aromatic carbocycles. The minimum Gasteiger partial charge on any atom is -0.324 e. The number of carbonyl (C=O) groups excluding carboxylic acids is 1. The van der Waals surface area contributed by atoms with Crippen LogP contribution >= 0.6 is 39.0 Å². The number of rotatable bonds is 7. The zero-order valence-corrected chi connectivity index (χ0v) is 19.4. The van der Waals surface area contributed by atoms with Crippen LogP contribution in [0, 0.1) is 6.92 Å². The Balaban J connectivity index is 1.52. The van der Waals surface area contributed by atoms with Crippen molar-refractivity contribution >= 4 is 50.6 Å². The Kier molecular flexibility index (Phi) is 6.66. The summed E-state index contributed by atoms with van der Waals surface area (Å²) in [6.07, 6.45) is 0.697. The predicted molar refractivity (Wildman–Crippen MR) is 127 cm³/mol. The fourth-order valence-corrected chi connectivity index (χ4v) is 5.02. The van der Waals surface area contributed by atoms with Gasteiger partial charge in [-0.1, -0.05) is 42.1 Å². The minimum absolute atomic E-state index is 0.0908. The summed E-state index contributed by atoms with van der Waals surface area (Å²) in [5.41, 5.74) is 2.87. The van der Waals surface area contributed by atoms with Gasteiger partial charge >= 0.3 is 0 Å². The van der Waals surface area contributed by atoms with Crippen LogP contribution in [0.5, 0.6) is 0 Å². The fraction of sp³-hybridized carbons (Fsp3) is 0.136. The van der Waals surface area contributed by atoms with Gasteiger partial charge in [-0.2, -0.15) is 0 Å². The second-order valence-corrected chi connectivity index (χ2v) is 9.48. The van der Waals surface area contributed by atoms with E-state index in [1.54, 1.807) is 11.3 Å². The largest absolute Gasteiger partial charge is 0.324 e. The number of carbonyl (C=O) groups is 1. The molecule has 0 saturated heterocycles. The van der Waals surface area contributed by atoms with Crippen molar-refractivity contribution in [1.82, 2.24) is 14.8 Å². The molecule has 0 unspecified atom stereocenters. The molecular weight excluding hydrogens is 480 g/mol. The molecule has 4 aromatic rings. The summed E-state index contributed by atoms with van der Waals surface area (Å²) >= 11 is 6.57. The second kappa shape index (κ2) is 9.59. The molecule has 30 heavy (non-hydrogen) atoms. The number of amides is 1. The van der Waals surface area contributed by atoms with Crippen LogP contribution in [0.2, 0.25) is 0 Å². The summed E-state index contributed by atoms with van der Waals surface area (Å²) in [5, 5.41) is 14.5. The molecule has 0 aliphatic rings. The summed E-state index contributed by atoms with van der Waals surface area (Å²) < 4.78 is 2.89. The number of anilines is 1. The first kappa shape index (κ1) is 20.8. The summed E-state index contributed by atoms with van der Waals surface area (Å²) in [6.45, 7) is 2.01. The van der Waals surface area contributed by atoms with E-state index in [1.807, 2.05) is 66.1 Å². The van der Waals surface area contributed by atoms with Crippen molar-refractivity contribution in [1.29, 1.82) is 0 Å². The van der Waals surface area contributed by atoms with E-state index in [0.29, 0.717) is 11.6 Å². The molecule has 0 aliphatic carbocycles. The van der Waals surface area contributed by atoms with Crippen molar-refractivity contribution in [3.05, 3.63) is 86.8 Å². The van der Waals surface area contributed by atoms with Gasteiger partial charge in [-0.3, -0.25) is 9.36 Å². The third kappa shape index (κ3) is 5.00. The Hall–Kier alpha value is -2.42. The van der Waals surface area contributed by atoms with E-state index >= 15 is 0 Å². The van der Waals surface area contributed by atoms with E-state index < -0.39 is 0 Å². The number of hydrogen-bond donors (Lipinski definition) is 1. The standard InChI is InChI=1S/C22H19BrN4OS2/c1-15-9-10-19(18(23)12-15)24-21(28)14-30-22-26-25-20(13-17-8-5-11-29-17)27(22)16-6-3-2-4-7-16/h2-12H,13-14H2,1H3,(H,24,28). The molecular formula is C22H19BrN4OS2. The molecule has 2 aromatic heterocycles. The molecule has 152 valence electrons. The van der Waals surface area contributed by atoms with Gasteiger partial charge in [0.25, 0.3) is 0 Å². The Morgan fingerprint density at radius 1 is 1.13 bits per heavy atom. The molecule has 5 nitrogen and oxygen atoms in total. The van der Waals surface area contributed by atoms with Crippen LogP contribution in [0.25, 0.3) is 5.69 Å². The number of nitrogens with one attached hydrogen (secondary N) is 1. The maximum absolute atomic E-state index is 12.5. The number of aromatic nitrogens is 3. The van der Waals surface area contributed by atoms with E-state index in [-0.39, 0.29) is 11.7 Å². The number of hydrogen-bond acceptors (Lipinski definition) is 5. The molecule has 0 spiro atoms. The Morgan fingerprint density at radius 2 is 1.97 bits per heavy atom. The normalized spacial score (nSPS) is 10.9. The molecule has 0 bridgehead atoms. The van der Waals surface area contributed by atoms with Crippen molar-refractivity contribution in [3.8, 4) is 5.69 Å². The third-order valence-electron chi connectivity index (χ3n) is 4.36. The monoisotopic (exact) mass is 498 g/mol. The Bertz CT molecular complexity index is 1140. The van der Waals surface area contributed by atoms with E-state index in [4.69, 9.17) is 0 Å². The number of nitrogens with zero attached hydrogens (tertiary/aromatic N) is 3. The molecule has 0 atom stereocenters. The number of halogens is 1. The van der Waals surface area contributed by atoms with Gasteiger partial charge in [0, 0.05) is 21.5 Å². The van der Waals surface area contributed by atoms with Crippen molar-refractivity contribution in [2.75, 3.05) is 11.1 Å². The number of thiophene rings is 1. The van der Waals surface area contributed by atoms with Crippen LogP contribution in [0.15, 0.2) is 75.7 Å². The van der Waals surface area contributed by atoms with Gasteiger partial charge < -0.3 is 5.32 Å². The first-order valence-corrected chi connectivity index (χ1v) is 12.0. The van der Waals surface area contributed by atoms with Gasteiger partial charge in [-0.25, -0.2) is 0 Å². The molecule has 0 aliphatic heterocycles. The lowest BCUT2D eigenvalue weighted by Crippen LogP contribution is -2.15. The molecule has 1 amide bonds. The maximum Gasteiger partial charge on any atom is 0.234 e. The molecule has 8 heteroatoms. The van der Waals surface area contributed by atoms with E-state index in [1.165, 1.54) is 16.6 Å². The topological polar surface area (TPSA) is 59.8 Å². The molecule has 2 heterocycles. The first-order chi connectivity index (χ1) is 14.6. The number of aryl methyl sites for hydroxylation is 1. The summed E-state index contributed by atoms with van der Waals surface area (Å²) in [6, 6.07) is 20.0. The van der Waals surface area contributed by atoms with Gasteiger partial charge in [0.05, 0.1) is 11.4 Å². The van der Waals surface area contributed by atoms with Crippen LogP contribution in [0.4, 0.5) is 5.69 Å². The van der Waals surface area contributed by atoms with E-state index in [0.717, 1.165) is 27.2 Å². The van der Waals surface area contributed by atoms with Crippen LogP contribution in [0.3, 0.4) is 0 Å². The van der Waals surface area contributed by atoms with Crippen molar-refractivity contribution in [3.63, 3.8) is 0 Å². The summed E-state index contributed by atoms with van der Waals surface area (Å²) in [5.74, 6) is 1.00. The maximum atomic E-state index is 12.5. The molecule has 0 saturated carbocycles. The first-order valence-electron chi connectivity index (χ1n) is 9.31. The lowest BCUT2D eigenvalue weighted by molar-refractivity contribution is -0.113. The zero-order valence-electron chi connectivity index (χ0n) is 16.2. The highest BCUT2D eigenvalue weighted by Crippen LogP contribution is 2.26. The van der Waals surface area contributed by atoms with Gasteiger partial charge in [0.15, 0.2) is 5.16 Å². The van der Waals surface area contributed by atoms with Gasteiger partial charge in [0.1, 0.15) is 5.82 Å². The highest BCUT2D eigenvalue weighted by molar-refractivity contribution is 9.10. The molecule has 1 N–H and O–H groups in total. The fourth-order valence-electron chi connectivity index (χ4n) is 2.95. The smallest absolute Gasteiger partial charge is 0.234 e. The third-order valence-corrected chi connectivity index (χ3v) is 6.82. The van der Waals surface area contributed by atoms with Crippen LogP contribution < -0.4 is 5.32 Å². The lowest BCUT2D eigenvalue weighted by Gasteiger charge is -2.10. The number of benzene rings is 2. The van der Waals surface area contributed by atoms with E-state index in [2.05, 4.69) is 42.9 Å². The number of para-hydroxylation sites is 1. The van der Waals surface area contributed by atoms with Crippen LogP contribution in [0.1, 0.15) is 16.3 Å². The average molecular weight is 499 g/mol. The Labute approximate surface area is 191 Å². The molecule has 0 fully saturated rings. The van der Waals surface area contributed by atoms with Crippen molar-refractivity contribution < 1.29 is 4.79 Å². The van der Waals surface area contributed by atoms with Crippen molar-refractivity contribution in [2.24, 2.45) is 0 Å². The molecule has 0 radical (unpaired) electrons. The van der Waals surface area contributed by atoms with Crippen LogP contribution in [-0.4, -0.2) is 26.4 Å². The highest BCUT2D eigenvalue weighted by Gasteiger charge is 2.17. The second-order valence-electron chi connectivity index (χ2n) is 6.65. The summed E-state index contributed by atoms with van der Waals surface area (Å²) in [7, 11) is 0. The molecule has 4 rings (SSSR count). The SMILES string of the molecule is Cc1ccc(NC(=O)CSc2nnc(Cc3cccs3)n2-c2ccccc2)c(Br)c1. The lowest BCUT2D eigenvalue weighted by atomic mass is 10.2. The highest BCUT2D eigenvalue weighted by atomic mass is 79.9. The van der Waals surface area contributed by atoms with Gasteiger partial charge in [-0.15, -0.1) is 21.5 Å². The average Bonchev–Trinajstić information content (AvgIpc) is 3.39. The minimum atomic E-state index is -0.0908. The Morgan fingerprint density at radius 3 is 2.70 bits per heavy atom.